The Bertz CT molecular complexity index is 1160. The van der Waals surface area contributed by atoms with Crippen LogP contribution in [0.15, 0.2) is 35.1 Å². The molecule has 158 valence electrons. The maximum atomic E-state index is 13.0. The fraction of sp³-hybridized carbons (Fsp3) is 0.455. The topological polar surface area (TPSA) is 88.7 Å². The third kappa shape index (κ3) is 3.94. The number of para-hydroxylation sites is 1. The summed E-state index contributed by atoms with van der Waals surface area (Å²) in [5.41, 5.74) is 2.17. The molecule has 30 heavy (non-hydrogen) atoms. The Hall–Kier alpha value is -3.16. The summed E-state index contributed by atoms with van der Waals surface area (Å²) < 4.78 is 3.05. The van der Waals surface area contributed by atoms with Gasteiger partial charge >= 0.3 is 5.69 Å². The Kier molecular flexibility index (Phi) is 5.57. The van der Waals surface area contributed by atoms with E-state index in [1.165, 1.54) is 4.68 Å². The molecule has 1 atom stereocenters. The van der Waals surface area contributed by atoms with Crippen molar-refractivity contribution in [1.29, 1.82) is 0 Å². The van der Waals surface area contributed by atoms with Crippen LogP contribution in [0.5, 0.6) is 0 Å². The van der Waals surface area contributed by atoms with E-state index >= 15 is 0 Å². The minimum atomic E-state index is -0.236. The van der Waals surface area contributed by atoms with Crippen LogP contribution in [-0.2, 0) is 16.1 Å². The van der Waals surface area contributed by atoms with Gasteiger partial charge in [-0.3, -0.25) is 9.59 Å². The molecule has 8 heteroatoms. The highest BCUT2D eigenvalue weighted by Crippen LogP contribution is 2.18. The average Bonchev–Trinajstić information content (AvgIpc) is 3.26. The van der Waals surface area contributed by atoms with Gasteiger partial charge in [-0.15, -0.1) is 5.10 Å². The van der Waals surface area contributed by atoms with E-state index in [1.807, 2.05) is 49.1 Å². The molecule has 1 aliphatic rings. The normalized spacial score (nSPS) is 15.3. The van der Waals surface area contributed by atoms with Crippen molar-refractivity contribution in [2.75, 3.05) is 13.1 Å². The molecule has 0 spiro atoms. The third-order valence-corrected chi connectivity index (χ3v) is 5.60. The van der Waals surface area contributed by atoms with Crippen molar-refractivity contribution < 1.29 is 9.59 Å². The molecule has 2 amide bonds. The van der Waals surface area contributed by atoms with Crippen molar-refractivity contribution >= 4 is 28.4 Å². The summed E-state index contributed by atoms with van der Waals surface area (Å²) in [7, 11) is 0. The minimum absolute atomic E-state index is 0.0763. The van der Waals surface area contributed by atoms with Crippen molar-refractivity contribution in [2.24, 2.45) is 0 Å². The monoisotopic (exact) mass is 409 g/mol. The van der Waals surface area contributed by atoms with Crippen LogP contribution in [0, 0.1) is 6.92 Å². The number of hydrogen-bond donors (Lipinski definition) is 1. The number of hydrogen-bond acceptors (Lipinski definition) is 4. The summed E-state index contributed by atoms with van der Waals surface area (Å²) >= 11 is 0. The van der Waals surface area contributed by atoms with E-state index in [1.54, 1.807) is 4.40 Å². The molecule has 0 bridgehead atoms. The lowest BCUT2D eigenvalue weighted by molar-refractivity contribution is -0.128. The van der Waals surface area contributed by atoms with Crippen LogP contribution in [0.3, 0.4) is 0 Å². The van der Waals surface area contributed by atoms with E-state index in [4.69, 9.17) is 0 Å². The molecule has 2 aromatic heterocycles. The number of carbonyl (C=O) groups is 2. The Labute approximate surface area is 174 Å². The fourth-order valence-electron chi connectivity index (χ4n) is 4.13. The molecule has 0 saturated carbocycles. The van der Waals surface area contributed by atoms with Gasteiger partial charge in [-0.05, 0) is 49.8 Å². The Morgan fingerprint density at radius 2 is 2.07 bits per heavy atom. The molecule has 8 nitrogen and oxygen atoms in total. The number of nitrogens with zero attached hydrogens (tertiary/aromatic N) is 4. The van der Waals surface area contributed by atoms with Gasteiger partial charge in [0.1, 0.15) is 0 Å². The highest BCUT2D eigenvalue weighted by molar-refractivity contribution is 5.83. The zero-order valence-corrected chi connectivity index (χ0v) is 17.4. The lowest BCUT2D eigenvalue weighted by atomic mass is 10.1. The molecule has 1 fully saturated rings. The van der Waals surface area contributed by atoms with Crippen LogP contribution < -0.4 is 11.0 Å². The second-order valence-corrected chi connectivity index (χ2v) is 8.07. The molecule has 1 aromatic carbocycles. The number of likely N-dealkylation sites (tertiary alicyclic amines) is 1. The van der Waals surface area contributed by atoms with Crippen LogP contribution in [0.4, 0.5) is 0 Å². The number of nitrogens with one attached hydrogen (secondary N) is 1. The Balaban J connectivity index is 1.41. The lowest BCUT2D eigenvalue weighted by Gasteiger charge is -2.16. The van der Waals surface area contributed by atoms with Gasteiger partial charge in [-0.25, -0.2) is 13.9 Å². The fourth-order valence-corrected chi connectivity index (χ4v) is 4.13. The predicted molar refractivity (Wildman–Crippen MR) is 114 cm³/mol. The summed E-state index contributed by atoms with van der Waals surface area (Å²) in [6, 6.07) is 9.52. The van der Waals surface area contributed by atoms with Crippen LogP contribution in [0.1, 0.15) is 38.2 Å². The molecular formula is C22H27N5O3. The predicted octanol–water partition coefficient (Wildman–Crippen LogP) is 1.86. The number of aryl methyl sites for hydroxylation is 1. The number of amides is 2. The second kappa shape index (κ2) is 8.30. The number of aromatic nitrogens is 3. The summed E-state index contributed by atoms with van der Waals surface area (Å²) in [6.07, 6.45) is 2.53. The molecule has 3 aromatic rings. The van der Waals surface area contributed by atoms with Crippen molar-refractivity contribution in [1.82, 2.24) is 24.4 Å². The van der Waals surface area contributed by atoms with E-state index in [2.05, 4.69) is 10.4 Å². The van der Waals surface area contributed by atoms with Crippen molar-refractivity contribution in [3.05, 3.63) is 46.4 Å². The van der Waals surface area contributed by atoms with Crippen molar-refractivity contribution in [3.63, 3.8) is 0 Å². The van der Waals surface area contributed by atoms with E-state index < -0.39 is 0 Å². The number of fused-ring (bicyclic) bond motifs is 3. The standard InChI is InChI=1S/C22H27N5O3/c1-15-13-17-7-3-4-8-18(17)27-21(15)24-26(22(27)30)14-16(2)23-19(28)9-5-11-25-12-6-10-20(25)29/h3-4,7-8,13,16H,5-6,9-12,14H2,1-2H3,(H,23,28). The van der Waals surface area contributed by atoms with Gasteiger partial charge in [-0.2, -0.15) is 0 Å². The average molecular weight is 409 g/mol. The highest BCUT2D eigenvalue weighted by Gasteiger charge is 2.20. The molecule has 1 saturated heterocycles. The van der Waals surface area contributed by atoms with Gasteiger partial charge in [0.2, 0.25) is 11.8 Å². The first-order valence-electron chi connectivity index (χ1n) is 10.5. The molecule has 3 heterocycles. The number of rotatable bonds is 7. The maximum absolute atomic E-state index is 13.0. The number of benzene rings is 1. The number of pyridine rings is 1. The molecule has 4 rings (SSSR count). The van der Waals surface area contributed by atoms with Gasteiger partial charge in [0.15, 0.2) is 5.65 Å². The molecule has 1 aliphatic heterocycles. The first-order valence-corrected chi connectivity index (χ1v) is 10.5. The van der Waals surface area contributed by atoms with E-state index in [9.17, 15) is 14.4 Å². The summed E-state index contributed by atoms with van der Waals surface area (Å²) in [4.78, 5) is 38.7. The minimum Gasteiger partial charge on any atom is -0.352 e. The SMILES string of the molecule is Cc1cc2ccccc2n2c(=O)n(CC(C)NC(=O)CCCN3CCCC3=O)nc12. The molecule has 1 unspecified atom stereocenters. The van der Waals surface area contributed by atoms with Gasteiger partial charge in [-0.1, -0.05) is 18.2 Å². The summed E-state index contributed by atoms with van der Waals surface area (Å²) in [6.45, 7) is 5.52. The largest absolute Gasteiger partial charge is 0.352 e. The quantitative estimate of drug-likeness (QED) is 0.645. The maximum Gasteiger partial charge on any atom is 0.350 e. The highest BCUT2D eigenvalue weighted by atomic mass is 16.2. The van der Waals surface area contributed by atoms with Crippen LogP contribution in [-0.4, -0.2) is 50.0 Å². The Morgan fingerprint density at radius 3 is 2.83 bits per heavy atom. The first-order chi connectivity index (χ1) is 14.4. The molecule has 1 N–H and O–H groups in total. The van der Waals surface area contributed by atoms with Crippen molar-refractivity contribution in [3.8, 4) is 0 Å². The van der Waals surface area contributed by atoms with E-state index in [-0.39, 0.29) is 23.5 Å². The Morgan fingerprint density at radius 1 is 1.27 bits per heavy atom. The second-order valence-electron chi connectivity index (χ2n) is 8.07. The lowest BCUT2D eigenvalue weighted by Crippen LogP contribution is -2.38. The van der Waals surface area contributed by atoms with E-state index in [0.717, 1.165) is 29.4 Å². The van der Waals surface area contributed by atoms with Gasteiger partial charge < -0.3 is 10.2 Å². The van der Waals surface area contributed by atoms with Crippen LogP contribution in [0.2, 0.25) is 0 Å². The van der Waals surface area contributed by atoms with Crippen molar-refractivity contribution in [2.45, 2.75) is 52.1 Å². The first kappa shape index (κ1) is 20.1. The van der Waals surface area contributed by atoms with E-state index in [0.29, 0.717) is 38.0 Å². The molecular weight excluding hydrogens is 382 g/mol. The smallest absolute Gasteiger partial charge is 0.350 e. The zero-order valence-electron chi connectivity index (χ0n) is 17.4. The summed E-state index contributed by atoms with van der Waals surface area (Å²) in [5, 5.41) is 8.43. The van der Waals surface area contributed by atoms with Crippen LogP contribution in [0.25, 0.3) is 16.6 Å². The third-order valence-electron chi connectivity index (χ3n) is 5.60. The van der Waals surface area contributed by atoms with Gasteiger partial charge in [0.25, 0.3) is 0 Å². The van der Waals surface area contributed by atoms with Crippen LogP contribution >= 0.6 is 0 Å². The van der Waals surface area contributed by atoms with Gasteiger partial charge in [0.05, 0.1) is 12.1 Å². The zero-order chi connectivity index (χ0) is 21.3. The number of carbonyl (C=O) groups excluding carboxylic acids is 2. The molecule has 0 radical (unpaired) electrons. The van der Waals surface area contributed by atoms with Gasteiger partial charge in [0, 0.05) is 32.0 Å². The molecule has 0 aliphatic carbocycles. The summed E-state index contributed by atoms with van der Waals surface area (Å²) in [5.74, 6) is 0.102.